The normalized spacial score (nSPS) is 11.1. The Balaban J connectivity index is 2.05. The summed E-state index contributed by atoms with van der Waals surface area (Å²) in [6.07, 6.45) is 9.64. The number of ether oxygens (including phenoxy) is 4. The Morgan fingerprint density at radius 2 is 1.14 bits per heavy atom. The van der Waals surface area contributed by atoms with Crippen LogP contribution in [-0.4, -0.2) is 49.7 Å². The molecule has 0 bridgehead atoms. The van der Waals surface area contributed by atoms with E-state index in [0.29, 0.717) is 47.3 Å². The zero-order valence-electron chi connectivity index (χ0n) is 21.3. The highest BCUT2D eigenvalue weighted by atomic mass is 79.9. The number of halogens is 2. The molecule has 200 valence electrons. The molecule has 2 rings (SSSR count). The number of unbranched alkanes of at least 4 members (excludes halogenated alkanes) is 2. The van der Waals surface area contributed by atoms with Gasteiger partial charge in [0.2, 0.25) is 0 Å². The van der Waals surface area contributed by atoms with E-state index in [-0.39, 0.29) is 18.0 Å². The highest BCUT2D eigenvalue weighted by molar-refractivity contribution is 9.09. The van der Waals surface area contributed by atoms with Crippen molar-refractivity contribution in [1.82, 2.24) is 0 Å². The standard InChI is InChI=1S/C29H34Br2O6/c1-34-26-11-7-9-22(28(26)36-19-5-3-17-30)13-15-24(32)21-25(33)16-14-23-10-8-12-27(35-2)29(23)37-20-6-4-18-31/h7-16H,3-6,17-21H2,1-2H3. The maximum atomic E-state index is 12.5. The Morgan fingerprint density at radius 1 is 0.703 bits per heavy atom. The Labute approximate surface area is 236 Å². The molecule has 0 aliphatic rings. The van der Waals surface area contributed by atoms with Gasteiger partial charge in [0.25, 0.3) is 0 Å². The molecule has 0 unspecified atom stereocenters. The minimum absolute atomic E-state index is 0.246. The quantitative estimate of drug-likeness (QED) is 0.0754. The molecule has 2 aromatic rings. The molecule has 0 N–H and O–H groups in total. The van der Waals surface area contributed by atoms with Gasteiger partial charge in [0.05, 0.1) is 33.9 Å². The molecule has 0 saturated carbocycles. The van der Waals surface area contributed by atoms with Crippen LogP contribution in [0, 0.1) is 0 Å². The molecule has 0 heterocycles. The van der Waals surface area contributed by atoms with Crippen LogP contribution in [0.15, 0.2) is 48.6 Å². The van der Waals surface area contributed by atoms with Crippen molar-refractivity contribution in [1.29, 1.82) is 0 Å². The summed E-state index contributed by atoms with van der Waals surface area (Å²) in [6.45, 7) is 1.08. The largest absolute Gasteiger partial charge is 0.493 e. The van der Waals surface area contributed by atoms with Crippen molar-refractivity contribution >= 4 is 55.6 Å². The fraction of sp³-hybridized carbons (Fsp3) is 0.379. The van der Waals surface area contributed by atoms with E-state index < -0.39 is 0 Å². The number of hydrogen-bond donors (Lipinski definition) is 0. The highest BCUT2D eigenvalue weighted by Crippen LogP contribution is 2.33. The first-order chi connectivity index (χ1) is 18.0. The van der Waals surface area contributed by atoms with Gasteiger partial charge in [-0.15, -0.1) is 0 Å². The van der Waals surface area contributed by atoms with E-state index in [1.54, 1.807) is 26.4 Å². The van der Waals surface area contributed by atoms with E-state index in [4.69, 9.17) is 18.9 Å². The molecule has 0 atom stereocenters. The summed E-state index contributed by atoms with van der Waals surface area (Å²) >= 11 is 6.83. The first kappa shape index (κ1) is 30.6. The average molecular weight is 638 g/mol. The minimum Gasteiger partial charge on any atom is -0.493 e. The summed E-state index contributed by atoms with van der Waals surface area (Å²) < 4.78 is 22.7. The van der Waals surface area contributed by atoms with Gasteiger partial charge in [0, 0.05) is 21.8 Å². The average Bonchev–Trinajstić information content (AvgIpc) is 2.91. The Hall–Kier alpha value is -2.58. The number of alkyl halides is 2. The molecule has 2 aromatic carbocycles. The van der Waals surface area contributed by atoms with Gasteiger partial charge < -0.3 is 18.9 Å². The van der Waals surface area contributed by atoms with Gasteiger partial charge in [0.15, 0.2) is 34.6 Å². The molecule has 0 aromatic heterocycles. The lowest BCUT2D eigenvalue weighted by Crippen LogP contribution is -2.03. The lowest BCUT2D eigenvalue weighted by Gasteiger charge is -2.13. The number of methoxy groups -OCH3 is 2. The molecule has 0 radical (unpaired) electrons. The number of benzene rings is 2. The van der Waals surface area contributed by atoms with Gasteiger partial charge in [-0.25, -0.2) is 0 Å². The first-order valence-corrected chi connectivity index (χ1v) is 14.4. The molecule has 8 heteroatoms. The molecule has 0 saturated heterocycles. The maximum absolute atomic E-state index is 12.5. The molecule has 0 amide bonds. The molecule has 6 nitrogen and oxygen atoms in total. The fourth-order valence-corrected chi connectivity index (χ4v) is 4.15. The van der Waals surface area contributed by atoms with Crippen LogP contribution in [-0.2, 0) is 9.59 Å². The monoisotopic (exact) mass is 636 g/mol. The Morgan fingerprint density at radius 3 is 1.51 bits per heavy atom. The topological polar surface area (TPSA) is 71.1 Å². The van der Waals surface area contributed by atoms with E-state index in [0.717, 1.165) is 36.3 Å². The Kier molecular flexibility index (Phi) is 14.7. The number of ketones is 2. The Bertz CT molecular complexity index is 981. The van der Waals surface area contributed by atoms with Crippen molar-refractivity contribution in [3.05, 3.63) is 59.7 Å². The van der Waals surface area contributed by atoms with Crippen LogP contribution in [0.3, 0.4) is 0 Å². The highest BCUT2D eigenvalue weighted by Gasteiger charge is 2.12. The van der Waals surface area contributed by atoms with Crippen LogP contribution in [0.2, 0.25) is 0 Å². The lowest BCUT2D eigenvalue weighted by atomic mass is 10.1. The molecular formula is C29H34Br2O6. The third kappa shape index (κ3) is 10.7. The second-order valence-electron chi connectivity index (χ2n) is 8.02. The number of allylic oxidation sites excluding steroid dienone is 2. The molecule has 0 fully saturated rings. The van der Waals surface area contributed by atoms with Crippen LogP contribution in [0.1, 0.15) is 43.2 Å². The van der Waals surface area contributed by atoms with Crippen LogP contribution < -0.4 is 18.9 Å². The summed E-state index contributed by atoms with van der Waals surface area (Å²) in [7, 11) is 3.15. The maximum Gasteiger partial charge on any atom is 0.168 e. The third-order valence-electron chi connectivity index (χ3n) is 5.25. The van der Waals surface area contributed by atoms with Gasteiger partial charge in [-0.1, -0.05) is 56.1 Å². The molecular weight excluding hydrogens is 604 g/mol. The van der Waals surface area contributed by atoms with Crippen molar-refractivity contribution in [3.8, 4) is 23.0 Å². The van der Waals surface area contributed by atoms with E-state index in [1.807, 2.05) is 36.4 Å². The van der Waals surface area contributed by atoms with Crippen LogP contribution in [0.25, 0.3) is 12.2 Å². The predicted octanol–water partition coefficient (Wildman–Crippen LogP) is 7.07. The molecule has 37 heavy (non-hydrogen) atoms. The summed E-state index contributed by atoms with van der Waals surface area (Å²) in [5, 5.41) is 1.82. The van der Waals surface area contributed by atoms with Crippen molar-refractivity contribution in [2.45, 2.75) is 32.1 Å². The van der Waals surface area contributed by atoms with E-state index in [2.05, 4.69) is 31.9 Å². The van der Waals surface area contributed by atoms with E-state index in [1.165, 1.54) is 12.2 Å². The van der Waals surface area contributed by atoms with Crippen molar-refractivity contribution < 1.29 is 28.5 Å². The zero-order chi connectivity index (χ0) is 26.9. The second kappa shape index (κ2) is 17.8. The van der Waals surface area contributed by atoms with Crippen molar-refractivity contribution in [2.75, 3.05) is 38.1 Å². The minimum atomic E-state index is -0.306. The van der Waals surface area contributed by atoms with E-state index >= 15 is 0 Å². The number of hydrogen-bond acceptors (Lipinski definition) is 6. The molecule has 0 spiro atoms. The lowest BCUT2D eigenvalue weighted by molar-refractivity contribution is -0.121. The summed E-state index contributed by atoms with van der Waals surface area (Å²) in [5.74, 6) is 1.74. The number of carbonyl (C=O) groups is 2. The SMILES string of the molecule is COc1cccc(C=CC(=O)CC(=O)C=Cc2cccc(OC)c2OCCCCBr)c1OCCCCBr. The van der Waals surface area contributed by atoms with Gasteiger partial charge in [0.1, 0.15) is 0 Å². The number of rotatable bonds is 18. The fourth-order valence-electron chi connectivity index (χ4n) is 3.36. The smallest absolute Gasteiger partial charge is 0.168 e. The van der Waals surface area contributed by atoms with Crippen LogP contribution in [0.5, 0.6) is 23.0 Å². The second-order valence-corrected chi connectivity index (χ2v) is 9.61. The predicted molar refractivity (Wildman–Crippen MR) is 156 cm³/mol. The van der Waals surface area contributed by atoms with Crippen molar-refractivity contribution in [2.24, 2.45) is 0 Å². The summed E-state index contributed by atoms with van der Waals surface area (Å²) in [6, 6.07) is 11.0. The van der Waals surface area contributed by atoms with Crippen LogP contribution in [0.4, 0.5) is 0 Å². The summed E-state index contributed by atoms with van der Waals surface area (Å²) in [4.78, 5) is 25.0. The number of para-hydroxylation sites is 2. The first-order valence-electron chi connectivity index (χ1n) is 12.2. The van der Waals surface area contributed by atoms with E-state index in [9.17, 15) is 9.59 Å². The zero-order valence-corrected chi connectivity index (χ0v) is 24.5. The van der Waals surface area contributed by atoms with Gasteiger partial charge >= 0.3 is 0 Å². The molecule has 0 aliphatic carbocycles. The van der Waals surface area contributed by atoms with Gasteiger partial charge in [-0.2, -0.15) is 0 Å². The summed E-state index contributed by atoms with van der Waals surface area (Å²) in [5.41, 5.74) is 1.43. The van der Waals surface area contributed by atoms with Gasteiger partial charge in [-0.05, 0) is 62.1 Å². The van der Waals surface area contributed by atoms with Crippen molar-refractivity contribution in [3.63, 3.8) is 0 Å². The van der Waals surface area contributed by atoms with Crippen LogP contribution >= 0.6 is 31.9 Å². The molecule has 0 aliphatic heterocycles. The third-order valence-corrected chi connectivity index (χ3v) is 6.37. The van der Waals surface area contributed by atoms with Gasteiger partial charge in [-0.3, -0.25) is 9.59 Å². The number of carbonyl (C=O) groups excluding carboxylic acids is 2.